The Kier molecular flexibility index (Phi) is 6.15. The summed E-state index contributed by atoms with van der Waals surface area (Å²) in [6, 6.07) is 12.6. The summed E-state index contributed by atoms with van der Waals surface area (Å²) in [5.41, 5.74) is 8.12. The summed E-state index contributed by atoms with van der Waals surface area (Å²) in [4.78, 5) is 25.4. The lowest BCUT2D eigenvalue weighted by Gasteiger charge is -2.13. The van der Waals surface area contributed by atoms with Gasteiger partial charge in [0.2, 0.25) is 0 Å². The third-order valence-electron chi connectivity index (χ3n) is 5.71. The maximum Gasteiger partial charge on any atom is 0.291 e. The lowest BCUT2D eigenvalue weighted by molar-refractivity contribution is 0.0953. The van der Waals surface area contributed by atoms with Crippen molar-refractivity contribution in [3.05, 3.63) is 86.8 Å². The molecular weight excluding hydrogens is 426 g/mol. The van der Waals surface area contributed by atoms with E-state index in [2.05, 4.69) is 15.8 Å². The van der Waals surface area contributed by atoms with Gasteiger partial charge in [0, 0.05) is 23.2 Å². The summed E-state index contributed by atoms with van der Waals surface area (Å²) in [6.07, 6.45) is 2.21. The van der Waals surface area contributed by atoms with Crippen LogP contribution in [0.15, 0.2) is 52.0 Å². The number of benzene rings is 2. The number of hydrazone groups is 1. The van der Waals surface area contributed by atoms with E-state index >= 15 is 0 Å². The van der Waals surface area contributed by atoms with Crippen LogP contribution in [-0.4, -0.2) is 17.5 Å². The van der Waals surface area contributed by atoms with Crippen molar-refractivity contribution in [3.8, 4) is 0 Å². The number of aryl methyl sites for hydroxylation is 3. The van der Waals surface area contributed by atoms with E-state index in [4.69, 9.17) is 16.0 Å². The standard InChI is InChI=1S/C25H24ClN3O3/c1-14-11-12-17(13-15(14)2)27-25(31)23-16(3)22-20(9-6-10-21(22)32-23)28-29-24(30)18-7-4-5-8-19(18)26/h4-5,7-8,11-13H,6,9-10H2,1-3H3,(H,27,31)(H,29,30)/b28-20+. The van der Waals surface area contributed by atoms with Gasteiger partial charge in [-0.25, -0.2) is 5.43 Å². The van der Waals surface area contributed by atoms with Gasteiger partial charge in [-0.2, -0.15) is 5.10 Å². The summed E-state index contributed by atoms with van der Waals surface area (Å²) >= 11 is 6.10. The Morgan fingerprint density at radius 2 is 1.78 bits per heavy atom. The number of nitrogens with one attached hydrogen (secondary N) is 2. The minimum absolute atomic E-state index is 0.264. The fraction of sp³-hybridized carbons (Fsp3) is 0.240. The minimum Gasteiger partial charge on any atom is -0.455 e. The van der Waals surface area contributed by atoms with Crippen LogP contribution in [-0.2, 0) is 6.42 Å². The zero-order chi connectivity index (χ0) is 22.8. The quantitative estimate of drug-likeness (QED) is 0.510. The van der Waals surface area contributed by atoms with Crippen LogP contribution in [0.1, 0.15) is 61.8 Å². The van der Waals surface area contributed by atoms with Gasteiger partial charge in [-0.15, -0.1) is 0 Å². The summed E-state index contributed by atoms with van der Waals surface area (Å²) in [5.74, 6) is 0.286. The lowest BCUT2D eigenvalue weighted by atomic mass is 9.93. The maximum atomic E-state index is 12.9. The summed E-state index contributed by atoms with van der Waals surface area (Å²) in [5, 5.41) is 7.62. The van der Waals surface area contributed by atoms with Crippen LogP contribution in [0.4, 0.5) is 5.69 Å². The van der Waals surface area contributed by atoms with Gasteiger partial charge in [0.05, 0.1) is 16.3 Å². The van der Waals surface area contributed by atoms with Gasteiger partial charge < -0.3 is 9.73 Å². The minimum atomic E-state index is -0.385. The van der Waals surface area contributed by atoms with Gasteiger partial charge >= 0.3 is 0 Å². The Balaban J connectivity index is 1.57. The van der Waals surface area contributed by atoms with Crippen molar-refractivity contribution in [3.63, 3.8) is 0 Å². The average Bonchev–Trinajstić information content (AvgIpc) is 3.12. The topological polar surface area (TPSA) is 83.7 Å². The number of amides is 2. The van der Waals surface area contributed by atoms with Crippen LogP contribution >= 0.6 is 11.6 Å². The molecule has 3 aromatic rings. The van der Waals surface area contributed by atoms with Crippen molar-refractivity contribution >= 4 is 34.8 Å². The number of hydrogen-bond donors (Lipinski definition) is 2. The Labute approximate surface area is 191 Å². The number of halogens is 1. The Morgan fingerprint density at radius 3 is 2.53 bits per heavy atom. The SMILES string of the molecule is Cc1ccc(NC(=O)c2oc3c(c2C)/C(=N/NC(=O)c2ccccc2Cl)CCC3)cc1C. The van der Waals surface area contributed by atoms with Crippen molar-refractivity contribution in [1.82, 2.24) is 5.43 Å². The van der Waals surface area contributed by atoms with Crippen molar-refractivity contribution < 1.29 is 14.0 Å². The molecule has 0 unspecified atom stereocenters. The van der Waals surface area contributed by atoms with E-state index in [-0.39, 0.29) is 17.6 Å². The lowest BCUT2D eigenvalue weighted by Crippen LogP contribution is -2.22. The molecule has 0 fully saturated rings. The molecule has 7 heteroatoms. The van der Waals surface area contributed by atoms with E-state index < -0.39 is 0 Å². The highest BCUT2D eigenvalue weighted by molar-refractivity contribution is 6.33. The number of fused-ring (bicyclic) bond motifs is 1. The molecule has 4 rings (SSSR count). The van der Waals surface area contributed by atoms with E-state index in [1.807, 2.05) is 39.0 Å². The van der Waals surface area contributed by atoms with Gasteiger partial charge in [-0.1, -0.05) is 29.8 Å². The van der Waals surface area contributed by atoms with Crippen LogP contribution in [0.25, 0.3) is 0 Å². The van der Waals surface area contributed by atoms with Gasteiger partial charge in [0.25, 0.3) is 11.8 Å². The second-order valence-electron chi connectivity index (χ2n) is 7.94. The van der Waals surface area contributed by atoms with Crippen molar-refractivity contribution in [2.45, 2.75) is 40.0 Å². The number of nitrogens with zero attached hydrogens (tertiary/aromatic N) is 1. The molecule has 0 saturated carbocycles. The maximum absolute atomic E-state index is 12.9. The number of furan rings is 1. The largest absolute Gasteiger partial charge is 0.455 e. The van der Waals surface area contributed by atoms with Crippen LogP contribution in [0.3, 0.4) is 0 Å². The predicted octanol–water partition coefficient (Wildman–Crippen LogP) is 5.58. The normalized spacial score (nSPS) is 14.2. The smallest absolute Gasteiger partial charge is 0.291 e. The van der Waals surface area contributed by atoms with E-state index in [9.17, 15) is 9.59 Å². The monoisotopic (exact) mass is 449 g/mol. The fourth-order valence-electron chi connectivity index (χ4n) is 3.83. The first-order valence-corrected chi connectivity index (χ1v) is 10.9. The second kappa shape index (κ2) is 9.01. The molecule has 2 aromatic carbocycles. The van der Waals surface area contributed by atoms with Gasteiger partial charge in [-0.3, -0.25) is 9.59 Å². The molecule has 2 amide bonds. The molecule has 0 spiro atoms. The van der Waals surface area contributed by atoms with E-state index in [0.29, 0.717) is 46.2 Å². The Hall–Kier alpha value is -3.38. The molecule has 2 N–H and O–H groups in total. The Morgan fingerprint density at radius 1 is 1.00 bits per heavy atom. The molecule has 0 atom stereocenters. The second-order valence-corrected chi connectivity index (χ2v) is 8.35. The average molecular weight is 450 g/mol. The molecule has 1 aromatic heterocycles. The highest BCUT2D eigenvalue weighted by Crippen LogP contribution is 2.30. The molecule has 0 saturated heterocycles. The first-order chi connectivity index (χ1) is 15.3. The van der Waals surface area contributed by atoms with Gasteiger partial charge in [0.15, 0.2) is 5.76 Å². The van der Waals surface area contributed by atoms with Gasteiger partial charge in [0.1, 0.15) is 5.76 Å². The van der Waals surface area contributed by atoms with Crippen molar-refractivity contribution in [1.29, 1.82) is 0 Å². The first kappa shape index (κ1) is 21.8. The van der Waals surface area contributed by atoms with E-state index in [1.165, 1.54) is 0 Å². The third kappa shape index (κ3) is 4.32. The van der Waals surface area contributed by atoms with Crippen molar-refractivity contribution in [2.75, 3.05) is 5.32 Å². The third-order valence-corrected chi connectivity index (χ3v) is 6.04. The number of anilines is 1. The summed E-state index contributed by atoms with van der Waals surface area (Å²) in [7, 11) is 0. The molecule has 0 bridgehead atoms. The van der Waals surface area contributed by atoms with Crippen LogP contribution in [0, 0.1) is 20.8 Å². The molecule has 0 radical (unpaired) electrons. The van der Waals surface area contributed by atoms with Crippen molar-refractivity contribution in [2.24, 2.45) is 5.10 Å². The first-order valence-electron chi connectivity index (χ1n) is 10.5. The van der Waals surface area contributed by atoms with E-state index in [0.717, 1.165) is 23.1 Å². The molecular formula is C25H24ClN3O3. The highest BCUT2D eigenvalue weighted by atomic mass is 35.5. The Bertz CT molecular complexity index is 1240. The highest BCUT2D eigenvalue weighted by Gasteiger charge is 2.28. The van der Waals surface area contributed by atoms with E-state index in [1.54, 1.807) is 24.3 Å². The summed E-state index contributed by atoms with van der Waals surface area (Å²) in [6.45, 7) is 5.87. The molecule has 0 aliphatic heterocycles. The molecule has 1 heterocycles. The van der Waals surface area contributed by atoms with Gasteiger partial charge in [-0.05, 0) is 69.0 Å². The zero-order valence-corrected chi connectivity index (χ0v) is 19.0. The fourth-order valence-corrected chi connectivity index (χ4v) is 4.05. The van der Waals surface area contributed by atoms with Crippen LogP contribution in [0.5, 0.6) is 0 Å². The summed E-state index contributed by atoms with van der Waals surface area (Å²) < 4.78 is 5.94. The number of hydrogen-bond acceptors (Lipinski definition) is 4. The van der Waals surface area contributed by atoms with Crippen LogP contribution in [0.2, 0.25) is 5.02 Å². The molecule has 32 heavy (non-hydrogen) atoms. The number of carbonyl (C=O) groups is 2. The molecule has 1 aliphatic carbocycles. The zero-order valence-electron chi connectivity index (χ0n) is 18.2. The molecule has 1 aliphatic rings. The number of rotatable bonds is 4. The number of carbonyl (C=O) groups excluding carboxylic acids is 2. The molecule has 6 nitrogen and oxygen atoms in total. The molecule has 164 valence electrons. The van der Waals surface area contributed by atoms with Crippen LogP contribution < -0.4 is 10.7 Å². The predicted molar refractivity (Wildman–Crippen MR) is 126 cm³/mol.